The summed E-state index contributed by atoms with van der Waals surface area (Å²) in [6.45, 7) is 3.28. The van der Waals surface area contributed by atoms with Crippen LogP contribution in [0.3, 0.4) is 0 Å². The Balaban J connectivity index is 1.41. The molecule has 1 aliphatic carbocycles. The summed E-state index contributed by atoms with van der Waals surface area (Å²) < 4.78 is 11.3. The van der Waals surface area contributed by atoms with Gasteiger partial charge in [-0.05, 0) is 62.6 Å². The number of hydrogen-bond donors (Lipinski definition) is 2. The van der Waals surface area contributed by atoms with E-state index in [1.807, 2.05) is 12.1 Å². The minimum atomic E-state index is -0.481. The first-order valence-corrected chi connectivity index (χ1v) is 9.94. The second-order valence-corrected chi connectivity index (χ2v) is 7.69. The van der Waals surface area contributed by atoms with Gasteiger partial charge in [-0.25, -0.2) is 4.79 Å². The highest BCUT2D eigenvalue weighted by atomic mass is 16.5. The number of hydrogen-bond acceptors (Lipinski definition) is 4. The molecule has 1 saturated heterocycles. The van der Waals surface area contributed by atoms with Gasteiger partial charge in [0.2, 0.25) is 0 Å². The van der Waals surface area contributed by atoms with E-state index < -0.39 is 6.10 Å². The molecule has 0 saturated carbocycles. The normalized spacial score (nSPS) is 19.3. The number of aliphatic hydroxyl groups excluding tert-OH is 1. The van der Waals surface area contributed by atoms with Crippen LogP contribution in [0.4, 0.5) is 0 Å². The number of quaternary nitrogens is 1. The lowest BCUT2D eigenvalue weighted by molar-refractivity contribution is -0.902. The van der Waals surface area contributed by atoms with E-state index in [-0.39, 0.29) is 12.2 Å². The van der Waals surface area contributed by atoms with E-state index in [1.165, 1.54) is 30.6 Å². The fourth-order valence-corrected chi connectivity index (χ4v) is 4.37. The van der Waals surface area contributed by atoms with Gasteiger partial charge in [-0.15, -0.1) is 0 Å². The zero-order valence-corrected chi connectivity index (χ0v) is 15.3. The molecule has 1 aliphatic heterocycles. The molecule has 0 amide bonds. The van der Waals surface area contributed by atoms with E-state index in [0.29, 0.717) is 11.3 Å². The molecule has 0 bridgehead atoms. The monoisotopic (exact) mass is 358 g/mol. The smallest absolute Gasteiger partial charge is 0.339 e. The molecule has 2 N–H and O–H groups in total. The van der Waals surface area contributed by atoms with Gasteiger partial charge in [0.25, 0.3) is 0 Å². The molecule has 0 spiro atoms. The zero-order valence-electron chi connectivity index (χ0n) is 15.3. The first kappa shape index (κ1) is 17.6. The second-order valence-electron chi connectivity index (χ2n) is 7.69. The Morgan fingerprint density at radius 3 is 2.65 bits per heavy atom. The van der Waals surface area contributed by atoms with Gasteiger partial charge in [0, 0.05) is 17.0 Å². The Hall–Kier alpha value is -1.85. The molecule has 26 heavy (non-hydrogen) atoms. The summed E-state index contributed by atoms with van der Waals surface area (Å²) in [4.78, 5) is 13.6. The fraction of sp³-hybridized carbons (Fsp3) is 0.571. The van der Waals surface area contributed by atoms with Crippen molar-refractivity contribution >= 4 is 11.0 Å². The average molecular weight is 358 g/mol. The molecule has 140 valence electrons. The van der Waals surface area contributed by atoms with Gasteiger partial charge in [0.05, 0.1) is 13.1 Å². The predicted molar refractivity (Wildman–Crippen MR) is 100 cm³/mol. The van der Waals surface area contributed by atoms with Crippen molar-refractivity contribution in [1.29, 1.82) is 0 Å². The van der Waals surface area contributed by atoms with E-state index in [4.69, 9.17) is 9.15 Å². The summed E-state index contributed by atoms with van der Waals surface area (Å²) in [5.41, 5.74) is 2.34. The Morgan fingerprint density at radius 2 is 1.85 bits per heavy atom. The third-order valence-electron chi connectivity index (χ3n) is 5.72. The van der Waals surface area contributed by atoms with Crippen LogP contribution in [-0.4, -0.2) is 37.5 Å². The van der Waals surface area contributed by atoms with Gasteiger partial charge in [-0.1, -0.05) is 0 Å². The molecule has 4 rings (SSSR count). The molecule has 0 radical (unpaired) electrons. The molecule has 1 aromatic heterocycles. The Labute approximate surface area is 153 Å². The van der Waals surface area contributed by atoms with Crippen molar-refractivity contribution in [3.8, 4) is 5.75 Å². The van der Waals surface area contributed by atoms with E-state index in [9.17, 15) is 9.90 Å². The van der Waals surface area contributed by atoms with E-state index in [2.05, 4.69) is 0 Å². The lowest BCUT2D eigenvalue weighted by Gasteiger charge is -2.20. The number of likely N-dealkylation sites (tertiary alicyclic amines) is 1. The summed E-state index contributed by atoms with van der Waals surface area (Å²) in [6, 6.07) is 5.66. The molecule has 1 atom stereocenters. The number of nitrogens with one attached hydrogen (secondary N) is 1. The third-order valence-corrected chi connectivity index (χ3v) is 5.72. The van der Waals surface area contributed by atoms with Crippen molar-refractivity contribution in [2.75, 3.05) is 26.2 Å². The Morgan fingerprint density at radius 1 is 1.08 bits per heavy atom. The molecule has 2 aliphatic rings. The topological polar surface area (TPSA) is 64.1 Å². The number of aryl methyl sites for hydroxylation is 1. The van der Waals surface area contributed by atoms with Gasteiger partial charge in [0.1, 0.15) is 30.6 Å². The first-order valence-electron chi connectivity index (χ1n) is 9.94. The largest absolute Gasteiger partial charge is 0.491 e. The number of rotatable bonds is 5. The molecule has 1 fully saturated rings. The highest BCUT2D eigenvalue weighted by Gasteiger charge is 2.20. The highest BCUT2D eigenvalue weighted by molar-refractivity contribution is 5.83. The minimum absolute atomic E-state index is 0.216. The summed E-state index contributed by atoms with van der Waals surface area (Å²) in [5, 5.41) is 11.3. The van der Waals surface area contributed by atoms with Crippen molar-refractivity contribution in [3.05, 3.63) is 39.7 Å². The Kier molecular flexibility index (Phi) is 5.27. The molecule has 2 heterocycles. The summed E-state index contributed by atoms with van der Waals surface area (Å²) in [6.07, 6.45) is 7.40. The van der Waals surface area contributed by atoms with Crippen molar-refractivity contribution in [1.82, 2.24) is 0 Å². The molecule has 0 unspecified atom stereocenters. The minimum Gasteiger partial charge on any atom is -0.491 e. The summed E-state index contributed by atoms with van der Waals surface area (Å²) >= 11 is 0. The first-order chi connectivity index (χ1) is 12.7. The van der Waals surface area contributed by atoms with Gasteiger partial charge < -0.3 is 19.2 Å². The molecular formula is C21H28NO4+. The number of aliphatic hydroxyl groups is 1. The van der Waals surface area contributed by atoms with Crippen LogP contribution < -0.4 is 15.3 Å². The van der Waals surface area contributed by atoms with Crippen molar-refractivity contribution in [2.45, 2.75) is 51.0 Å². The van der Waals surface area contributed by atoms with Crippen LogP contribution in [0.2, 0.25) is 0 Å². The second kappa shape index (κ2) is 7.80. The molecule has 5 nitrogen and oxygen atoms in total. The SMILES string of the molecule is O=c1oc2cc(OC[C@H](O)C[NH+]3CCCCCC3)ccc2c2c1CCC2. The molecular weight excluding hydrogens is 330 g/mol. The van der Waals surface area contributed by atoms with E-state index in [0.717, 1.165) is 55.4 Å². The fourth-order valence-electron chi connectivity index (χ4n) is 4.37. The van der Waals surface area contributed by atoms with Crippen molar-refractivity contribution in [3.63, 3.8) is 0 Å². The van der Waals surface area contributed by atoms with Crippen LogP contribution in [0.15, 0.2) is 27.4 Å². The highest BCUT2D eigenvalue weighted by Crippen LogP contribution is 2.29. The maximum absolute atomic E-state index is 12.1. The third kappa shape index (κ3) is 3.79. The molecule has 1 aromatic carbocycles. The average Bonchev–Trinajstić information content (AvgIpc) is 3.00. The summed E-state index contributed by atoms with van der Waals surface area (Å²) in [5.74, 6) is 0.642. The van der Waals surface area contributed by atoms with Crippen LogP contribution in [-0.2, 0) is 12.8 Å². The van der Waals surface area contributed by atoms with Crippen LogP contribution in [0, 0.1) is 0 Å². The zero-order chi connectivity index (χ0) is 17.9. The van der Waals surface area contributed by atoms with Crippen molar-refractivity contribution < 1.29 is 19.2 Å². The standard InChI is InChI=1S/C21H27NO4/c23-15(13-22-10-3-1-2-4-11-22)14-25-16-8-9-18-17-6-5-7-19(17)21(24)26-20(18)12-16/h8-9,12,15,23H,1-7,10-11,13-14H2/p+1/t15-/m1/s1. The van der Waals surface area contributed by atoms with Gasteiger partial charge in [0.15, 0.2) is 0 Å². The predicted octanol–water partition coefficient (Wildman–Crippen LogP) is 1.48. The van der Waals surface area contributed by atoms with Crippen LogP contribution in [0.5, 0.6) is 5.75 Å². The van der Waals surface area contributed by atoms with Crippen LogP contribution in [0.1, 0.15) is 43.2 Å². The van der Waals surface area contributed by atoms with E-state index in [1.54, 1.807) is 6.07 Å². The van der Waals surface area contributed by atoms with Gasteiger partial charge in [-0.2, -0.15) is 0 Å². The van der Waals surface area contributed by atoms with Gasteiger partial charge in [-0.3, -0.25) is 0 Å². The number of fused-ring (bicyclic) bond motifs is 3. The van der Waals surface area contributed by atoms with E-state index >= 15 is 0 Å². The maximum Gasteiger partial charge on any atom is 0.339 e. The van der Waals surface area contributed by atoms with Crippen LogP contribution in [0.25, 0.3) is 11.0 Å². The van der Waals surface area contributed by atoms with Crippen molar-refractivity contribution in [2.24, 2.45) is 0 Å². The number of benzene rings is 1. The number of ether oxygens (including phenoxy) is 1. The maximum atomic E-state index is 12.1. The quantitative estimate of drug-likeness (QED) is 0.795. The molecule has 5 heteroatoms. The lowest BCUT2D eigenvalue weighted by atomic mass is 10.1. The Bertz CT molecular complexity index is 821. The lowest BCUT2D eigenvalue weighted by Crippen LogP contribution is -3.13. The molecule has 2 aromatic rings. The summed E-state index contributed by atoms with van der Waals surface area (Å²) in [7, 11) is 0. The van der Waals surface area contributed by atoms with Gasteiger partial charge >= 0.3 is 5.63 Å². The van der Waals surface area contributed by atoms with Crippen LogP contribution >= 0.6 is 0 Å².